The van der Waals surface area contributed by atoms with Crippen molar-refractivity contribution in [2.45, 2.75) is 13.0 Å². The van der Waals surface area contributed by atoms with Gasteiger partial charge in [0, 0.05) is 4.47 Å². The van der Waals surface area contributed by atoms with Crippen LogP contribution in [-0.2, 0) is 14.3 Å². The summed E-state index contributed by atoms with van der Waals surface area (Å²) in [6, 6.07) is 6.75. The minimum Gasteiger partial charge on any atom is -0.464 e. The topological polar surface area (TPSA) is 99.0 Å². The largest absolute Gasteiger partial charge is 0.464 e. The van der Waals surface area contributed by atoms with Crippen LogP contribution in [0.4, 0.5) is 5.95 Å². The number of halogens is 1. The highest BCUT2D eigenvalue weighted by Gasteiger charge is 2.36. The number of ketones is 1. The number of tetrazole rings is 1. The standard InChI is InChI=1S/C14H12BrN5O3/c1-7(21)10-11(13(22)23-2)16-14-17-18-19-20(14)12(10)8-3-5-9(15)6-4-8/h3-6,12H,1-2H3,(H,16,17,19)/t12-/m1/s1. The van der Waals surface area contributed by atoms with Gasteiger partial charge in [0.05, 0.1) is 12.7 Å². The number of anilines is 1. The summed E-state index contributed by atoms with van der Waals surface area (Å²) in [5, 5.41) is 14.2. The average molecular weight is 378 g/mol. The summed E-state index contributed by atoms with van der Waals surface area (Å²) in [6.07, 6.45) is 0. The minimum absolute atomic E-state index is 0.0511. The Morgan fingerprint density at radius 2 is 2.00 bits per heavy atom. The first-order valence-electron chi connectivity index (χ1n) is 6.66. The smallest absolute Gasteiger partial charge is 0.355 e. The SMILES string of the molecule is COC(=O)C1=C(C(C)=O)[C@@H](c2ccc(Br)cc2)n2nnnc2N1. The number of nitrogens with zero attached hydrogens (tertiary/aromatic N) is 4. The number of hydrogen-bond donors (Lipinski definition) is 1. The average Bonchev–Trinajstić information content (AvgIpc) is 3.01. The number of carbonyl (C=O) groups excluding carboxylic acids is 2. The van der Waals surface area contributed by atoms with E-state index in [9.17, 15) is 9.59 Å². The van der Waals surface area contributed by atoms with Gasteiger partial charge in [0.15, 0.2) is 5.78 Å². The minimum atomic E-state index is -0.647. The first-order valence-corrected chi connectivity index (χ1v) is 7.46. The molecule has 0 aliphatic carbocycles. The van der Waals surface area contributed by atoms with Crippen molar-refractivity contribution >= 4 is 33.6 Å². The number of aromatic nitrogens is 4. The van der Waals surface area contributed by atoms with Gasteiger partial charge in [-0.15, -0.1) is 0 Å². The Balaban J connectivity index is 2.23. The highest BCUT2D eigenvalue weighted by molar-refractivity contribution is 9.10. The van der Waals surface area contributed by atoms with E-state index < -0.39 is 12.0 Å². The monoisotopic (exact) mass is 377 g/mol. The van der Waals surface area contributed by atoms with Gasteiger partial charge in [-0.1, -0.05) is 33.2 Å². The second-order valence-electron chi connectivity index (χ2n) is 4.86. The number of ether oxygens (including phenoxy) is 1. The van der Waals surface area contributed by atoms with Crippen LogP contribution in [0.5, 0.6) is 0 Å². The lowest BCUT2D eigenvalue weighted by molar-refractivity contribution is -0.136. The van der Waals surface area contributed by atoms with Crippen molar-refractivity contribution in [3.8, 4) is 0 Å². The molecule has 23 heavy (non-hydrogen) atoms. The second kappa shape index (κ2) is 5.92. The van der Waals surface area contributed by atoms with Crippen molar-refractivity contribution in [1.82, 2.24) is 20.2 Å². The lowest BCUT2D eigenvalue weighted by atomic mass is 9.93. The molecule has 1 N–H and O–H groups in total. The first-order chi connectivity index (χ1) is 11.0. The predicted molar refractivity (Wildman–Crippen MR) is 83.4 cm³/mol. The van der Waals surface area contributed by atoms with Crippen LogP contribution in [0.1, 0.15) is 18.5 Å². The number of nitrogens with one attached hydrogen (secondary N) is 1. The third-order valence-electron chi connectivity index (χ3n) is 3.47. The number of carbonyl (C=O) groups is 2. The number of esters is 1. The second-order valence-corrected chi connectivity index (χ2v) is 5.78. The summed E-state index contributed by atoms with van der Waals surface area (Å²) in [4.78, 5) is 24.3. The molecule has 1 aliphatic rings. The zero-order chi connectivity index (χ0) is 16.6. The molecule has 1 aliphatic heterocycles. The van der Waals surface area contributed by atoms with E-state index in [1.807, 2.05) is 24.3 Å². The van der Waals surface area contributed by atoms with Crippen molar-refractivity contribution in [2.75, 3.05) is 12.4 Å². The third kappa shape index (κ3) is 2.63. The van der Waals surface area contributed by atoms with Gasteiger partial charge in [-0.05, 0) is 35.0 Å². The predicted octanol–water partition coefficient (Wildman–Crippen LogP) is 1.47. The highest BCUT2D eigenvalue weighted by atomic mass is 79.9. The van der Waals surface area contributed by atoms with E-state index in [0.29, 0.717) is 0 Å². The van der Waals surface area contributed by atoms with E-state index in [4.69, 9.17) is 4.74 Å². The van der Waals surface area contributed by atoms with E-state index in [1.54, 1.807) is 0 Å². The van der Waals surface area contributed by atoms with Crippen LogP contribution in [0.25, 0.3) is 0 Å². The molecule has 1 aromatic heterocycles. The molecular formula is C14H12BrN5O3. The molecule has 0 saturated heterocycles. The molecule has 2 heterocycles. The van der Waals surface area contributed by atoms with E-state index in [2.05, 4.69) is 36.8 Å². The summed E-state index contributed by atoms with van der Waals surface area (Å²) >= 11 is 3.37. The van der Waals surface area contributed by atoms with Crippen LogP contribution in [0.15, 0.2) is 40.0 Å². The van der Waals surface area contributed by atoms with Crippen molar-refractivity contribution in [1.29, 1.82) is 0 Å². The molecular weight excluding hydrogens is 366 g/mol. The van der Waals surface area contributed by atoms with Gasteiger partial charge in [-0.2, -0.15) is 4.68 Å². The van der Waals surface area contributed by atoms with Crippen molar-refractivity contribution in [3.63, 3.8) is 0 Å². The van der Waals surface area contributed by atoms with Gasteiger partial charge in [0.25, 0.3) is 0 Å². The first kappa shape index (κ1) is 15.3. The molecule has 1 atom stereocenters. The molecule has 118 valence electrons. The van der Waals surface area contributed by atoms with Crippen LogP contribution >= 0.6 is 15.9 Å². The van der Waals surface area contributed by atoms with Crippen LogP contribution in [-0.4, -0.2) is 39.1 Å². The fraction of sp³-hybridized carbons (Fsp3) is 0.214. The molecule has 0 amide bonds. The normalized spacial score (nSPS) is 16.6. The molecule has 3 rings (SSSR count). The zero-order valence-electron chi connectivity index (χ0n) is 12.3. The Bertz CT molecular complexity index is 812. The van der Waals surface area contributed by atoms with E-state index >= 15 is 0 Å². The molecule has 9 heteroatoms. The number of methoxy groups -OCH3 is 1. The maximum absolute atomic E-state index is 12.2. The lowest BCUT2D eigenvalue weighted by Crippen LogP contribution is -2.32. The summed E-state index contributed by atoms with van der Waals surface area (Å²) in [5.41, 5.74) is 1.07. The molecule has 0 fully saturated rings. The van der Waals surface area contributed by atoms with E-state index in [1.165, 1.54) is 18.7 Å². The molecule has 0 bridgehead atoms. The van der Waals surface area contributed by atoms with Gasteiger partial charge in [0.2, 0.25) is 5.95 Å². The van der Waals surface area contributed by atoms with Gasteiger partial charge in [-0.3, -0.25) is 4.79 Å². The molecule has 8 nitrogen and oxygen atoms in total. The highest BCUT2D eigenvalue weighted by Crippen LogP contribution is 2.35. The number of hydrogen-bond acceptors (Lipinski definition) is 7. The maximum Gasteiger partial charge on any atom is 0.355 e. The van der Waals surface area contributed by atoms with Gasteiger partial charge >= 0.3 is 5.97 Å². The molecule has 0 saturated carbocycles. The van der Waals surface area contributed by atoms with Gasteiger partial charge in [-0.25, -0.2) is 4.79 Å². The molecule has 2 aromatic rings. The quantitative estimate of drug-likeness (QED) is 0.808. The summed E-state index contributed by atoms with van der Waals surface area (Å²) in [7, 11) is 1.25. The maximum atomic E-state index is 12.2. The Morgan fingerprint density at radius 1 is 1.30 bits per heavy atom. The number of fused-ring (bicyclic) bond motifs is 1. The van der Waals surface area contributed by atoms with Crippen LogP contribution in [0.2, 0.25) is 0 Å². The van der Waals surface area contributed by atoms with Crippen molar-refractivity contribution in [2.24, 2.45) is 0 Å². The van der Waals surface area contributed by atoms with Gasteiger partial charge in [0.1, 0.15) is 11.7 Å². The fourth-order valence-corrected chi connectivity index (χ4v) is 2.74. The number of allylic oxidation sites excluding steroid dienone is 1. The molecule has 0 spiro atoms. The zero-order valence-corrected chi connectivity index (χ0v) is 13.9. The fourth-order valence-electron chi connectivity index (χ4n) is 2.47. The molecule has 1 aromatic carbocycles. The van der Waals surface area contributed by atoms with Crippen LogP contribution in [0, 0.1) is 0 Å². The van der Waals surface area contributed by atoms with Crippen LogP contribution < -0.4 is 5.32 Å². The van der Waals surface area contributed by atoms with E-state index in [-0.39, 0.29) is 23.0 Å². The Kier molecular flexibility index (Phi) is 3.95. The Labute approximate surface area is 139 Å². The Morgan fingerprint density at radius 3 is 2.61 bits per heavy atom. The number of Topliss-reactive ketones (excluding diaryl/α,β-unsaturated/α-hetero) is 1. The van der Waals surface area contributed by atoms with Crippen molar-refractivity contribution in [3.05, 3.63) is 45.6 Å². The summed E-state index contributed by atoms with van der Waals surface area (Å²) in [6.45, 7) is 1.39. The molecule has 0 unspecified atom stereocenters. The van der Waals surface area contributed by atoms with Crippen molar-refractivity contribution < 1.29 is 14.3 Å². The Hall–Kier alpha value is -2.55. The number of benzene rings is 1. The lowest BCUT2D eigenvalue weighted by Gasteiger charge is -2.27. The summed E-state index contributed by atoms with van der Waals surface area (Å²) in [5.74, 6) is -0.651. The number of rotatable bonds is 3. The van der Waals surface area contributed by atoms with Gasteiger partial charge < -0.3 is 10.1 Å². The van der Waals surface area contributed by atoms with Crippen LogP contribution in [0.3, 0.4) is 0 Å². The summed E-state index contributed by atoms with van der Waals surface area (Å²) < 4.78 is 7.13. The third-order valence-corrected chi connectivity index (χ3v) is 4.00. The molecule has 0 radical (unpaired) electrons. The van der Waals surface area contributed by atoms with E-state index in [0.717, 1.165) is 10.0 Å².